The summed E-state index contributed by atoms with van der Waals surface area (Å²) < 4.78 is 55.7. The maximum atomic E-state index is 13.2. The Hall–Kier alpha value is -1.10. The molecule has 0 saturated heterocycles. The van der Waals surface area contributed by atoms with Crippen LogP contribution in [0.1, 0.15) is 24.5 Å². The van der Waals surface area contributed by atoms with Crippen molar-refractivity contribution in [2.75, 3.05) is 6.61 Å². The summed E-state index contributed by atoms with van der Waals surface area (Å²) in [6.45, 7) is 1.78. The zero-order valence-electron chi connectivity index (χ0n) is 8.77. The number of rotatable bonds is 4. The lowest BCUT2D eigenvalue weighted by molar-refractivity contribution is -0.139. The summed E-state index contributed by atoms with van der Waals surface area (Å²) >= 11 is 0. The highest BCUT2D eigenvalue weighted by Crippen LogP contribution is 2.33. The Morgan fingerprint density at radius 3 is 2.50 bits per heavy atom. The van der Waals surface area contributed by atoms with Gasteiger partial charge in [-0.2, -0.15) is 13.2 Å². The summed E-state index contributed by atoms with van der Waals surface area (Å²) in [5.74, 6) is -0.883. The molecule has 0 radical (unpaired) electrons. The Bertz CT molecular complexity index is 346. The minimum Gasteiger partial charge on any atom is -0.377 e. The molecule has 0 bridgehead atoms. The molecule has 0 fully saturated rings. The molecule has 16 heavy (non-hydrogen) atoms. The molecule has 0 N–H and O–H groups in total. The highest BCUT2D eigenvalue weighted by atomic mass is 19.4. The first-order valence-electron chi connectivity index (χ1n) is 4.89. The summed E-state index contributed by atoms with van der Waals surface area (Å²) in [5.41, 5.74) is -1.40. The van der Waals surface area contributed by atoms with Crippen LogP contribution in [0.15, 0.2) is 18.2 Å². The van der Waals surface area contributed by atoms with Crippen molar-refractivity contribution in [2.45, 2.75) is 26.1 Å². The lowest BCUT2D eigenvalue weighted by atomic mass is 10.1. The third-order valence-electron chi connectivity index (χ3n) is 2.02. The molecule has 0 aliphatic rings. The van der Waals surface area contributed by atoms with Gasteiger partial charge in [0.1, 0.15) is 5.82 Å². The highest BCUT2D eigenvalue weighted by Gasteiger charge is 2.34. The SMILES string of the molecule is CCCOCc1c(F)cccc1C(F)(F)F. The van der Waals surface area contributed by atoms with Gasteiger partial charge in [-0.3, -0.25) is 0 Å². The normalized spacial score (nSPS) is 11.8. The van der Waals surface area contributed by atoms with Gasteiger partial charge in [0, 0.05) is 12.2 Å². The monoisotopic (exact) mass is 236 g/mol. The van der Waals surface area contributed by atoms with Gasteiger partial charge >= 0.3 is 6.18 Å². The lowest BCUT2D eigenvalue weighted by Gasteiger charge is -2.13. The minimum absolute atomic E-state index is 0.311. The molecule has 0 aliphatic carbocycles. The molecule has 0 aliphatic heterocycles. The molecule has 0 unspecified atom stereocenters. The van der Waals surface area contributed by atoms with Crippen LogP contribution in [-0.4, -0.2) is 6.61 Å². The maximum Gasteiger partial charge on any atom is 0.416 e. The van der Waals surface area contributed by atoms with Gasteiger partial charge in [-0.05, 0) is 18.6 Å². The lowest BCUT2D eigenvalue weighted by Crippen LogP contribution is -2.12. The van der Waals surface area contributed by atoms with Gasteiger partial charge in [0.25, 0.3) is 0 Å². The molecule has 0 saturated carbocycles. The van der Waals surface area contributed by atoms with Crippen LogP contribution in [0.4, 0.5) is 17.6 Å². The van der Waals surface area contributed by atoms with E-state index in [9.17, 15) is 17.6 Å². The van der Waals surface area contributed by atoms with E-state index >= 15 is 0 Å². The van der Waals surface area contributed by atoms with Gasteiger partial charge in [-0.15, -0.1) is 0 Å². The van der Waals surface area contributed by atoms with Crippen molar-refractivity contribution >= 4 is 0 Å². The fourth-order valence-electron chi connectivity index (χ4n) is 1.29. The van der Waals surface area contributed by atoms with Crippen LogP contribution in [-0.2, 0) is 17.5 Å². The number of hydrogen-bond acceptors (Lipinski definition) is 1. The average molecular weight is 236 g/mol. The molecule has 1 rings (SSSR count). The molecule has 0 atom stereocenters. The quantitative estimate of drug-likeness (QED) is 0.571. The summed E-state index contributed by atoms with van der Waals surface area (Å²) in [6, 6.07) is 2.90. The Labute approximate surface area is 91.0 Å². The van der Waals surface area contributed by atoms with Crippen LogP contribution >= 0.6 is 0 Å². The van der Waals surface area contributed by atoms with Gasteiger partial charge in [0.15, 0.2) is 0 Å². The number of halogens is 4. The molecular formula is C11H12F4O. The zero-order chi connectivity index (χ0) is 12.2. The summed E-state index contributed by atoms with van der Waals surface area (Å²) in [7, 11) is 0. The Morgan fingerprint density at radius 2 is 1.94 bits per heavy atom. The predicted molar refractivity (Wildman–Crippen MR) is 51.3 cm³/mol. The van der Waals surface area contributed by atoms with Gasteiger partial charge in [0.05, 0.1) is 12.2 Å². The molecular weight excluding hydrogens is 224 g/mol. The second-order valence-corrected chi connectivity index (χ2v) is 3.32. The highest BCUT2D eigenvalue weighted by molar-refractivity contribution is 5.30. The Morgan fingerprint density at radius 1 is 1.25 bits per heavy atom. The smallest absolute Gasteiger partial charge is 0.377 e. The summed E-state index contributed by atoms with van der Waals surface area (Å²) in [6.07, 6.45) is -3.87. The van der Waals surface area contributed by atoms with Crippen LogP contribution in [0.2, 0.25) is 0 Å². The largest absolute Gasteiger partial charge is 0.416 e. The fourth-order valence-corrected chi connectivity index (χ4v) is 1.29. The Balaban J connectivity index is 2.95. The van der Waals surface area contributed by atoms with Crippen molar-refractivity contribution in [2.24, 2.45) is 0 Å². The van der Waals surface area contributed by atoms with Crippen molar-refractivity contribution in [3.8, 4) is 0 Å². The maximum absolute atomic E-state index is 13.2. The third kappa shape index (κ3) is 3.20. The first-order chi connectivity index (χ1) is 7.46. The van der Waals surface area contributed by atoms with E-state index in [1.807, 2.05) is 6.92 Å². The fraction of sp³-hybridized carbons (Fsp3) is 0.455. The van der Waals surface area contributed by atoms with Crippen LogP contribution in [0, 0.1) is 5.82 Å². The van der Waals surface area contributed by atoms with Gasteiger partial charge in [0.2, 0.25) is 0 Å². The number of ether oxygens (including phenoxy) is 1. The van der Waals surface area contributed by atoms with Crippen molar-refractivity contribution < 1.29 is 22.3 Å². The second kappa shape index (κ2) is 5.30. The molecule has 0 heterocycles. The van der Waals surface area contributed by atoms with Crippen LogP contribution in [0.25, 0.3) is 0 Å². The predicted octanol–water partition coefficient (Wildman–Crippen LogP) is 3.77. The molecule has 0 aromatic heterocycles. The molecule has 1 aromatic rings. The zero-order valence-corrected chi connectivity index (χ0v) is 8.77. The van der Waals surface area contributed by atoms with Gasteiger partial charge < -0.3 is 4.74 Å². The number of hydrogen-bond donors (Lipinski definition) is 0. The van der Waals surface area contributed by atoms with Crippen LogP contribution < -0.4 is 0 Å². The second-order valence-electron chi connectivity index (χ2n) is 3.32. The number of benzene rings is 1. The first kappa shape index (κ1) is 13.0. The number of alkyl halides is 3. The Kier molecular flexibility index (Phi) is 4.29. The van der Waals surface area contributed by atoms with Crippen LogP contribution in [0.3, 0.4) is 0 Å². The van der Waals surface area contributed by atoms with Gasteiger partial charge in [-0.1, -0.05) is 13.0 Å². The van der Waals surface area contributed by atoms with Crippen molar-refractivity contribution in [1.82, 2.24) is 0 Å². The van der Waals surface area contributed by atoms with E-state index in [1.54, 1.807) is 0 Å². The van der Waals surface area contributed by atoms with E-state index in [-0.39, 0.29) is 6.61 Å². The molecule has 1 aromatic carbocycles. The minimum atomic E-state index is -4.55. The molecule has 1 nitrogen and oxygen atoms in total. The van der Waals surface area contributed by atoms with Crippen molar-refractivity contribution in [3.63, 3.8) is 0 Å². The average Bonchev–Trinajstić information content (AvgIpc) is 2.19. The van der Waals surface area contributed by atoms with Crippen LogP contribution in [0.5, 0.6) is 0 Å². The molecule has 0 spiro atoms. The van der Waals surface area contributed by atoms with E-state index in [0.29, 0.717) is 13.0 Å². The van der Waals surface area contributed by atoms with E-state index in [4.69, 9.17) is 4.74 Å². The summed E-state index contributed by atoms with van der Waals surface area (Å²) in [4.78, 5) is 0. The van der Waals surface area contributed by atoms with E-state index in [0.717, 1.165) is 18.2 Å². The molecule has 90 valence electrons. The molecule has 0 amide bonds. The topological polar surface area (TPSA) is 9.23 Å². The third-order valence-corrected chi connectivity index (χ3v) is 2.02. The van der Waals surface area contributed by atoms with E-state index in [1.165, 1.54) is 0 Å². The van der Waals surface area contributed by atoms with E-state index in [2.05, 4.69) is 0 Å². The van der Waals surface area contributed by atoms with Crippen molar-refractivity contribution in [3.05, 3.63) is 35.1 Å². The standard InChI is InChI=1S/C11H12F4O/c1-2-6-16-7-8-9(11(13,14)15)4-3-5-10(8)12/h3-5H,2,6-7H2,1H3. The first-order valence-corrected chi connectivity index (χ1v) is 4.89. The molecule has 5 heteroatoms. The van der Waals surface area contributed by atoms with Gasteiger partial charge in [-0.25, -0.2) is 4.39 Å². The summed E-state index contributed by atoms with van der Waals surface area (Å²) in [5, 5.41) is 0. The van der Waals surface area contributed by atoms with Crippen molar-refractivity contribution in [1.29, 1.82) is 0 Å². The van der Waals surface area contributed by atoms with E-state index < -0.39 is 23.1 Å².